The summed E-state index contributed by atoms with van der Waals surface area (Å²) < 4.78 is 99.2. The summed E-state index contributed by atoms with van der Waals surface area (Å²) in [6.45, 7) is 3.28. The van der Waals surface area contributed by atoms with E-state index < -0.39 is 50.7 Å². The highest BCUT2D eigenvalue weighted by Gasteiger charge is 2.20. The Morgan fingerprint density at radius 3 is 1.63 bits per heavy atom. The maximum atomic E-state index is 11.9. The second-order valence-electron chi connectivity index (χ2n) is 10.0. The molecule has 0 bridgehead atoms. The normalized spacial score (nSPS) is 12.7. The average Bonchev–Trinajstić information content (AvgIpc) is 2.99. The molecule has 17 nitrogen and oxygen atoms in total. The molecule has 49 heavy (non-hydrogen) atoms. The molecular weight excluding hydrogens is 747 g/mol. The van der Waals surface area contributed by atoms with Crippen LogP contribution in [0.3, 0.4) is 0 Å². The van der Waals surface area contributed by atoms with Crippen LogP contribution in [0.1, 0.15) is 11.1 Å². The number of benzene rings is 4. The van der Waals surface area contributed by atoms with Gasteiger partial charge in [-0.05, 0) is 103 Å². The number of anilines is 2. The number of aromatic nitrogens is 3. The zero-order valence-electron chi connectivity index (χ0n) is 24.7. The van der Waals surface area contributed by atoms with E-state index in [0.717, 1.165) is 18.2 Å². The van der Waals surface area contributed by atoms with E-state index in [-0.39, 0.29) is 33.3 Å². The van der Waals surface area contributed by atoms with Crippen molar-refractivity contribution in [3.8, 4) is 0 Å². The number of hydrogen-bond acceptors (Lipinski definition) is 14. The lowest BCUT2D eigenvalue weighted by atomic mass is 10.1. The molecule has 0 radical (unpaired) electrons. The molecule has 5 aromatic rings. The van der Waals surface area contributed by atoms with Crippen LogP contribution in [-0.2, 0) is 30.4 Å². The van der Waals surface area contributed by atoms with Crippen molar-refractivity contribution in [3.05, 3.63) is 82.4 Å². The minimum Gasteiger partial charge on any atom is -0.323 e. The smallest absolute Gasteiger partial charge is 0.296 e. The van der Waals surface area contributed by atoms with Crippen LogP contribution in [0.5, 0.6) is 0 Å². The van der Waals surface area contributed by atoms with E-state index in [2.05, 4.69) is 40.7 Å². The summed E-state index contributed by atoms with van der Waals surface area (Å²) >= 11 is 11.7. The first kappa shape index (κ1) is 35.8. The van der Waals surface area contributed by atoms with Crippen molar-refractivity contribution in [1.82, 2.24) is 15.0 Å². The number of nitrogens with zero attached hydrogens (tertiary/aromatic N) is 7. The van der Waals surface area contributed by atoms with Gasteiger partial charge >= 0.3 is 0 Å². The molecule has 0 saturated carbocycles. The lowest BCUT2D eigenvalue weighted by Gasteiger charge is -2.11. The first-order valence-electron chi connectivity index (χ1n) is 13.2. The minimum absolute atomic E-state index is 0.00298. The monoisotopic (exact) mass is 766 g/mol. The zero-order chi connectivity index (χ0) is 35.9. The van der Waals surface area contributed by atoms with E-state index in [0.29, 0.717) is 27.9 Å². The van der Waals surface area contributed by atoms with Crippen LogP contribution in [0.4, 0.5) is 34.4 Å². The minimum atomic E-state index is -4.84. The summed E-state index contributed by atoms with van der Waals surface area (Å²) in [6, 6.07) is 12.3. The second-order valence-corrected chi connectivity index (χ2v) is 15.0. The molecule has 0 fully saturated rings. The first-order chi connectivity index (χ1) is 22.8. The number of fused-ring (bicyclic) bond motifs is 1. The Hall–Kier alpha value is -4.54. The van der Waals surface area contributed by atoms with Crippen molar-refractivity contribution in [2.75, 3.05) is 5.32 Å². The highest BCUT2D eigenvalue weighted by Crippen LogP contribution is 2.37. The first-order valence-corrected chi connectivity index (χ1v) is 18.3. The fourth-order valence-corrected chi connectivity index (χ4v) is 6.32. The van der Waals surface area contributed by atoms with Crippen LogP contribution in [0.15, 0.2) is 95.8 Å². The molecule has 0 amide bonds. The summed E-state index contributed by atoms with van der Waals surface area (Å²) in [5.41, 5.74) is 1.59. The van der Waals surface area contributed by atoms with Gasteiger partial charge in [-0.1, -0.05) is 6.07 Å². The second kappa shape index (κ2) is 13.4. The summed E-state index contributed by atoms with van der Waals surface area (Å²) in [6.07, 6.45) is 0. The highest BCUT2D eigenvalue weighted by atomic mass is 35.5. The van der Waals surface area contributed by atoms with E-state index in [1.54, 1.807) is 26.0 Å². The standard InChI is InChI=1S/C27H20Cl2N8O9S3/c1-13-10-22(36-37-23-12-16(48(41,42)43)4-8-24(23)49(44,45)46)14(2)9-21(13)35-34-20-7-6-19(30-27-32-25(28)31-26(29)33-27)17-5-3-15(11-18(17)20)47(38,39)40/h3-12H,1-2H3,(H,38,39,40)(H,41,42,43)(H,44,45,46)(H,30,31,32,33)/b35-34+,37-36+. The van der Waals surface area contributed by atoms with E-state index >= 15 is 0 Å². The van der Waals surface area contributed by atoms with Crippen molar-refractivity contribution in [3.63, 3.8) is 0 Å². The molecule has 4 aromatic carbocycles. The molecule has 0 saturated heterocycles. The Labute approximate surface area is 288 Å². The maximum absolute atomic E-state index is 11.9. The molecule has 0 aliphatic heterocycles. The van der Waals surface area contributed by atoms with Gasteiger partial charge in [0, 0.05) is 16.5 Å². The fraction of sp³-hybridized carbons (Fsp3) is 0.0741. The predicted octanol–water partition coefficient (Wildman–Crippen LogP) is 7.26. The number of halogens is 2. The van der Waals surface area contributed by atoms with Crippen LogP contribution < -0.4 is 5.32 Å². The lowest BCUT2D eigenvalue weighted by molar-refractivity contribution is 0.478. The number of azo groups is 2. The molecule has 4 N–H and O–H groups in total. The molecule has 0 aliphatic carbocycles. The molecule has 5 rings (SSSR count). The maximum Gasteiger partial charge on any atom is 0.296 e. The number of rotatable bonds is 9. The quantitative estimate of drug-likeness (QED) is 0.0851. The average molecular weight is 768 g/mol. The molecular formula is C27H20Cl2N8O9S3. The topological polar surface area (TPSA) is 263 Å². The Balaban J connectivity index is 1.53. The van der Waals surface area contributed by atoms with Gasteiger partial charge in [-0.3, -0.25) is 13.7 Å². The van der Waals surface area contributed by atoms with Gasteiger partial charge in [0.15, 0.2) is 0 Å². The number of nitrogens with one attached hydrogen (secondary N) is 1. The molecule has 1 heterocycles. The Kier molecular flexibility index (Phi) is 9.78. The number of hydrogen-bond donors (Lipinski definition) is 4. The molecule has 254 valence electrons. The molecule has 22 heteroatoms. The molecule has 0 aliphatic rings. The van der Waals surface area contributed by atoms with Crippen LogP contribution >= 0.6 is 23.2 Å². The van der Waals surface area contributed by atoms with Crippen molar-refractivity contribution >= 4 is 98.7 Å². The van der Waals surface area contributed by atoms with Gasteiger partial charge in [0.25, 0.3) is 30.4 Å². The lowest BCUT2D eigenvalue weighted by Crippen LogP contribution is -2.02. The van der Waals surface area contributed by atoms with Crippen LogP contribution in [0.25, 0.3) is 10.8 Å². The van der Waals surface area contributed by atoms with Crippen molar-refractivity contribution < 1.29 is 38.9 Å². The fourth-order valence-electron chi connectivity index (χ4n) is 4.34. The third-order valence-corrected chi connectivity index (χ3v) is 9.58. The molecule has 0 unspecified atom stereocenters. The Morgan fingerprint density at radius 1 is 0.571 bits per heavy atom. The van der Waals surface area contributed by atoms with E-state index in [4.69, 9.17) is 23.2 Å². The summed E-state index contributed by atoms with van der Waals surface area (Å²) in [7, 11) is -14.2. The van der Waals surface area contributed by atoms with Crippen molar-refractivity contribution in [2.24, 2.45) is 20.5 Å². The summed E-state index contributed by atoms with van der Waals surface area (Å²) in [4.78, 5) is 9.79. The van der Waals surface area contributed by atoms with Gasteiger partial charge in [0.05, 0.1) is 26.9 Å². The van der Waals surface area contributed by atoms with Gasteiger partial charge in [0.1, 0.15) is 10.6 Å². The van der Waals surface area contributed by atoms with Gasteiger partial charge in [-0.25, -0.2) is 0 Å². The van der Waals surface area contributed by atoms with Crippen LogP contribution in [0, 0.1) is 13.8 Å². The molecule has 0 spiro atoms. The third kappa shape index (κ3) is 8.37. The van der Waals surface area contributed by atoms with Gasteiger partial charge in [-0.15, -0.1) is 10.2 Å². The van der Waals surface area contributed by atoms with Gasteiger partial charge < -0.3 is 5.32 Å². The largest absolute Gasteiger partial charge is 0.323 e. The van der Waals surface area contributed by atoms with E-state index in [1.807, 2.05) is 0 Å². The summed E-state index contributed by atoms with van der Waals surface area (Å²) in [5.74, 6) is 0.00298. The van der Waals surface area contributed by atoms with Gasteiger partial charge in [0.2, 0.25) is 16.5 Å². The van der Waals surface area contributed by atoms with Crippen molar-refractivity contribution in [2.45, 2.75) is 28.5 Å². The van der Waals surface area contributed by atoms with Crippen LogP contribution in [-0.4, -0.2) is 53.9 Å². The molecule has 1 aromatic heterocycles. The van der Waals surface area contributed by atoms with Gasteiger partial charge in [-0.2, -0.15) is 50.4 Å². The Bertz CT molecular complexity index is 2550. The summed E-state index contributed by atoms with van der Waals surface area (Å²) in [5, 5.41) is 19.7. The molecule has 0 atom stereocenters. The number of aryl methyl sites for hydroxylation is 2. The van der Waals surface area contributed by atoms with E-state index in [9.17, 15) is 38.9 Å². The highest BCUT2D eigenvalue weighted by molar-refractivity contribution is 7.86. The Morgan fingerprint density at radius 2 is 1.08 bits per heavy atom. The van der Waals surface area contributed by atoms with Crippen LogP contribution in [0.2, 0.25) is 10.6 Å². The zero-order valence-corrected chi connectivity index (χ0v) is 28.6. The third-order valence-electron chi connectivity index (χ3n) is 6.64. The van der Waals surface area contributed by atoms with E-state index in [1.165, 1.54) is 30.3 Å². The predicted molar refractivity (Wildman–Crippen MR) is 177 cm³/mol. The SMILES string of the molecule is Cc1cc(/N=N/c2ccc(Nc3nc(Cl)nc(Cl)n3)c3ccc(S(=O)(=O)O)cc23)c(C)cc1/N=N/c1cc(S(=O)(=O)O)ccc1S(=O)(=O)O. The van der Waals surface area contributed by atoms with Crippen molar-refractivity contribution in [1.29, 1.82) is 0 Å².